The van der Waals surface area contributed by atoms with Crippen molar-refractivity contribution in [2.45, 2.75) is 39.7 Å². The van der Waals surface area contributed by atoms with Gasteiger partial charge in [0, 0.05) is 23.9 Å². The highest BCUT2D eigenvalue weighted by atomic mass is 16.6. The fourth-order valence-corrected chi connectivity index (χ4v) is 1.81. The molecule has 110 valence electrons. The summed E-state index contributed by atoms with van der Waals surface area (Å²) in [5, 5.41) is 13.5. The first-order valence-electron chi connectivity index (χ1n) is 6.66. The largest absolute Gasteiger partial charge is 0.398 e. The van der Waals surface area contributed by atoms with Crippen LogP contribution in [0.2, 0.25) is 0 Å². The molecule has 3 N–H and O–H groups in total. The SMILES string of the molecule is CC(C)CCC(C)NC(=O)c1cc([N+](=O)[O-])ccc1N. The molecule has 0 aliphatic carbocycles. The van der Waals surface area contributed by atoms with Crippen LogP contribution in [-0.2, 0) is 0 Å². The summed E-state index contributed by atoms with van der Waals surface area (Å²) in [5.74, 6) is 0.194. The molecule has 0 saturated heterocycles. The highest BCUT2D eigenvalue weighted by Crippen LogP contribution is 2.20. The van der Waals surface area contributed by atoms with Crippen molar-refractivity contribution in [3.8, 4) is 0 Å². The highest BCUT2D eigenvalue weighted by molar-refractivity contribution is 5.99. The first kappa shape index (κ1) is 15.9. The summed E-state index contributed by atoms with van der Waals surface area (Å²) in [5.41, 5.74) is 5.95. The van der Waals surface area contributed by atoms with E-state index in [1.165, 1.54) is 18.2 Å². The van der Waals surface area contributed by atoms with Gasteiger partial charge in [-0.3, -0.25) is 14.9 Å². The van der Waals surface area contributed by atoms with Crippen LogP contribution in [0.3, 0.4) is 0 Å². The molecule has 0 aromatic heterocycles. The van der Waals surface area contributed by atoms with Gasteiger partial charge in [0.25, 0.3) is 11.6 Å². The third-order valence-electron chi connectivity index (χ3n) is 3.05. The zero-order chi connectivity index (χ0) is 15.3. The number of anilines is 1. The van der Waals surface area contributed by atoms with Gasteiger partial charge in [-0.25, -0.2) is 0 Å². The Balaban J connectivity index is 2.76. The second-order valence-corrected chi connectivity index (χ2v) is 5.37. The van der Waals surface area contributed by atoms with Crippen molar-refractivity contribution in [1.82, 2.24) is 5.32 Å². The molecule has 0 saturated carbocycles. The van der Waals surface area contributed by atoms with E-state index in [9.17, 15) is 14.9 Å². The molecule has 0 heterocycles. The number of non-ortho nitro benzene ring substituents is 1. The average molecular weight is 279 g/mol. The Kier molecular flexibility index (Phi) is 5.49. The maximum atomic E-state index is 12.1. The van der Waals surface area contributed by atoms with Crippen molar-refractivity contribution in [3.63, 3.8) is 0 Å². The monoisotopic (exact) mass is 279 g/mol. The minimum absolute atomic E-state index is 0.00330. The van der Waals surface area contributed by atoms with E-state index in [2.05, 4.69) is 19.2 Å². The van der Waals surface area contributed by atoms with Gasteiger partial charge in [0.1, 0.15) is 0 Å². The maximum absolute atomic E-state index is 12.1. The summed E-state index contributed by atoms with van der Waals surface area (Å²) < 4.78 is 0. The standard InChI is InChI=1S/C14H21N3O3/c1-9(2)4-5-10(3)16-14(18)12-8-11(17(19)20)6-7-13(12)15/h6-10H,4-5,15H2,1-3H3,(H,16,18). The molecule has 0 aliphatic rings. The predicted molar refractivity (Wildman–Crippen MR) is 78.5 cm³/mol. The fraction of sp³-hybridized carbons (Fsp3) is 0.500. The molecule has 1 aromatic carbocycles. The zero-order valence-electron chi connectivity index (χ0n) is 12.1. The van der Waals surface area contributed by atoms with Crippen LogP contribution in [0.5, 0.6) is 0 Å². The van der Waals surface area contributed by atoms with E-state index in [1.54, 1.807) is 0 Å². The van der Waals surface area contributed by atoms with Crippen LogP contribution in [0.1, 0.15) is 44.0 Å². The van der Waals surface area contributed by atoms with Gasteiger partial charge in [-0.15, -0.1) is 0 Å². The molecule has 1 amide bonds. The molecule has 1 aromatic rings. The van der Waals surface area contributed by atoms with E-state index in [-0.39, 0.29) is 28.9 Å². The molecule has 1 unspecified atom stereocenters. The maximum Gasteiger partial charge on any atom is 0.270 e. The minimum atomic E-state index is -0.543. The highest BCUT2D eigenvalue weighted by Gasteiger charge is 2.17. The summed E-state index contributed by atoms with van der Waals surface area (Å²) in [6.07, 6.45) is 1.87. The summed E-state index contributed by atoms with van der Waals surface area (Å²) in [6, 6.07) is 3.88. The molecule has 0 aliphatic heterocycles. The van der Waals surface area contributed by atoms with Gasteiger partial charge in [-0.1, -0.05) is 13.8 Å². The molecular weight excluding hydrogens is 258 g/mol. The van der Waals surface area contributed by atoms with Crippen LogP contribution in [-0.4, -0.2) is 16.9 Å². The van der Waals surface area contributed by atoms with Crippen LogP contribution in [0, 0.1) is 16.0 Å². The molecule has 20 heavy (non-hydrogen) atoms. The molecule has 0 fully saturated rings. The van der Waals surface area contributed by atoms with Crippen LogP contribution >= 0.6 is 0 Å². The van der Waals surface area contributed by atoms with E-state index < -0.39 is 4.92 Å². The molecule has 0 spiro atoms. The Morgan fingerprint density at radius 2 is 2.00 bits per heavy atom. The number of nitrogens with one attached hydrogen (secondary N) is 1. The van der Waals surface area contributed by atoms with E-state index in [0.29, 0.717) is 5.92 Å². The lowest BCUT2D eigenvalue weighted by Gasteiger charge is -2.15. The van der Waals surface area contributed by atoms with Crippen molar-refractivity contribution < 1.29 is 9.72 Å². The second-order valence-electron chi connectivity index (χ2n) is 5.37. The number of nitrogens with two attached hydrogens (primary N) is 1. The molecule has 0 radical (unpaired) electrons. The average Bonchev–Trinajstić information content (AvgIpc) is 2.36. The van der Waals surface area contributed by atoms with E-state index >= 15 is 0 Å². The first-order valence-corrected chi connectivity index (χ1v) is 6.66. The lowest BCUT2D eigenvalue weighted by molar-refractivity contribution is -0.384. The quantitative estimate of drug-likeness (QED) is 0.475. The molecule has 1 rings (SSSR count). The van der Waals surface area contributed by atoms with Gasteiger partial charge in [0.15, 0.2) is 0 Å². The number of rotatable bonds is 6. The number of carbonyl (C=O) groups excluding carboxylic acids is 1. The van der Waals surface area contributed by atoms with Gasteiger partial charge in [0.05, 0.1) is 10.5 Å². The van der Waals surface area contributed by atoms with Crippen molar-refractivity contribution in [3.05, 3.63) is 33.9 Å². The fourth-order valence-electron chi connectivity index (χ4n) is 1.81. The molecule has 6 heteroatoms. The Morgan fingerprint density at radius 3 is 2.55 bits per heavy atom. The Hall–Kier alpha value is -2.11. The van der Waals surface area contributed by atoms with Crippen molar-refractivity contribution >= 4 is 17.3 Å². The molecule has 1 atom stereocenters. The number of hydrogen-bond donors (Lipinski definition) is 2. The van der Waals surface area contributed by atoms with Crippen LogP contribution in [0.4, 0.5) is 11.4 Å². The van der Waals surface area contributed by atoms with Gasteiger partial charge in [0.2, 0.25) is 0 Å². The minimum Gasteiger partial charge on any atom is -0.398 e. The lowest BCUT2D eigenvalue weighted by atomic mass is 10.0. The third kappa shape index (κ3) is 4.53. The Morgan fingerprint density at radius 1 is 1.35 bits per heavy atom. The van der Waals surface area contributed by atoms with Gasteiger partial charge >= 0.3 is 0 Å². The van der Waals surface area contributed by atoms with Gasteiger partial charge in [-0.2, -0.15) is 0 Å². The number of nitro groups is 1. The molecule has 6 nitrogen and oxygen atoms in total. The normalized spacial score (nSPS) is 12.2. The van der Waals surface area contributed by atoms with E-state index in [0.717, 1.165) is 12.8 Å². The van der Waals surface area contributed by atoms with E-state index in [4.69, 9.17) is 5.73 Å². The Bertz CT molecular complexity index is 500. The smallest absolute Gasteiger partial charge is 0.270 e. The number of hydrogen-bond acceptors (Lipinski definition) is 4. The number of nitrogen functional groups attached to an aromatic ring is 1. The first-order chi connectivity index (χ1) is 9.31. The van der Waals surface area contributed by atoms with Crippen LogP contribution < -0.4 is 11.1 Å². The van der Waals surface area contributed by atoms with Crippen LogP contribution in [0.25, 0.3) is 0 Å². The number of amides is 1. The summed E-state index contributed by atoms with van der Waals surface area (Å²) in [6.45, 7) is 6.15. The molecule has 0 bridgehead atoms. The lowest BCUT2D eigenvalue weighted by Crippen LogP contribution is -2.33. The second kappa shape index (κ2) is 6.88. The van der Waals surface area contributed by atoms with Crippen molar-refractivity contribution in [2.24, 2.45) is 5.92 Å². The summed E-state index contributed by atoms with van der Waals surface area (Å²) >= 11 is 0. The van der Waals surface area contributed by atoms with E-state index in [1.807, 2.05) is 6.92 Å². The molecular formula is C14H21N3O3. The van der Waals surface area contributed by atoms with Gasteiger partial charge in [-0.05, 0) is 31.7 Å². The number of benzene rings is 1. The van der Waals surface area contributed by atoms with Gasteiger partial charge < -0.3 is 11.1 Å². The third-order valence-corrected chi connectivity index (χ3v) is 3.05. The number of carbonyl (C=O) groups is 1. The summed E-state index contributed by atoms with van der Waals surface area (Å²) in [7, 11) is 0. The van der Waals surface area contributed by atoms with Crippen molar-refractivity contribution in [1.29, 1.82) is 0 Å². The number of nitro benzene ring substituents is 1. The van der Waals surface area contributed by atoms with Crippen molar-refractivity contribution in [2.75, 3.05) is 5.73 Å². The Labute approximate surface area is 118 Å². The predicted octanol–water partition coefficient (Wildman–Crippen LogP) is 2.73. The van der Waals surface area contributed by atoms with Crippen LogP contribution in [0.15, 0.2) is 18.2 Å². The zero-order valence-corrected chi connectivity index (χ0v) is 12.1. The topological polar surface area (TPSA) is 98.3 Å². The number of nitrogens with zero attached hydrogens (tertiary/aromatic N) is 1. The summed E-state index contributed by atoms with van der Waals surface area (Å²) in [4.78, 5) is 22.3.